The van der Waals surface area contributed by atoms with E-state index in [2.05, 4.69) is 0 Å². The van der Waals surface area contributed by atoms with Gasteiger partial charge in [-0.3, -0.25) is 4.79 Å². The van der Waals surface area contributed by atoms with E-state index in [-0.39, 0.29) is 24.7 Å². The molecule has 0 aromatic rings. The van der Waals surface area contributed by atoms with E-state index in [0.29, 0.717) is 0 Å². The van der Waals surface area contributed by atoms with Crippen molar-refractivity contribution in [2.75, 3.05) is 12.4 Å². The van der Waals surface area contributed by atoms with Gasteiger partial charge in [-0.15, -0.1) is 0 Å². The molecule has 0 N–H and O–H groups in total. The summed E-state index contributed by atoms with van der Waals surface area (Å²) in [4.78, 5) is 11.4. The molecule has 92 valence electrons. The smallest absolute Gasteiger partial charge is 0.324 e. The van der Waals surface area contributed by atoms with Crippen molar-refractivity contribution in [1.29, 1.82) is 5.26 Å². The fourth-order valence-corrected chi connectivity index (χ4v) is 1.97. The molecule has 0 saturated heterocycles. The standard InChI is InChI=1S/C10H17NO4S/c1-8(2)7-15-10(12)9(3)16(13,14)6-4-5-11/h8-9H,4,6-7H2,1-3H3. The van der Waals surface area contributed by atoms with Gasteiger partial charge in [0.1, 0.15) is 0 Å². The Morgan fingerprint density at radius 2 is 1.94 bits per heavy atom. The van der Waals surface area contributed by atoms with Gasteiger partial charge in [0.15, 0.2) is 15.1 Å². The van der Waals surface area contributed by atoms with E-state index in [9.17, 15) is 13.2 Å². The van der Waals surface area contributed by atoms with E-state index in [0.717, 1.165) is 0 Å². The molecule has 0 aliphatic rings. The fourth-order valence-electron chi connectivity index (χ4n) is 0.877. The molecule has 0 aromatic heterocycles. The van der Waals surface area contributed by atoms with Crippen molar-refractivity contribution >= 4 is 15.8 Å². The van der Waals surface area contributed by atoms with Gasteiger partial charge in [-0.25, -0.2) is 8.42 Å². The molecule has 0 fully saturated rings. The number of hydrogen-bond donors (Lipinski definition) is 0. The van der Waals surface area contributed by atoms with E-state index >= 15 is 0 Å². The molecule has 0 heterocycles. The predicted molar refractivity (Wildman–Crippen MR) is 59.3 cm³/mol. The zero-order chi connectivity index (χ0) is 12.8. The van der Waals surface area contributed by atoms with Crippen LogP contribution >= 0.6 is 0 Å². The average Bonchev–Trinajstić information content (AvgIpc) is 2.21. The van der Waals surface area contributed by atoms with Crippen LogP contribution in [0.3, 0.4) is 0 Å². The Balaban J connectivity index is 4.38. The van der Waals surface area contributed by atoms with Crippen molar-refractivity contribution in [3.05, 3.63) is 0 Å². The summed E-state index contributed by atoms with van der Waals surface area (Å²) in [6, 6.07) is 1.74. The van der Waals surface area contributed by atoms with Crippen LogP contribution in [0.2, 0.25) is 0 Å². The molecule has 0 amide bonds. The van der Waals surface area contributed by atoms with Crippen LogP contribution in [-0.4, -0.2) is 32.0 Å². The molecule has 0 spiro atoms. The van der Waals surface area contributed by atoms with Crippen LogP contribution in [0.15, 0.2) is 0 Å². The van der Waals surface area contributed by atoms with Crippen molar-refractivity contribution in [2.24, 2.45) is 5.92 Å². The lowest BCUT2D eigenvalue weighted by molar-refractivity contribution is -0.143. The molecular formula is C10H17NO4S. The largest absolute Gasteiger partial charge is 0.464 e. The molecule has 0 aliphatic carbocycles. The molecule has 1 atom stereocenters. The van der Waals surface area contributed by atoms with Crippen LogP contribution < -0.4 is 0 Å². The van der Waals surface area contributed by atoms with Crippen molar-refractivity contribution in [1.82, 2.24) is 0 Å². The summed E-state index contributed by atoms with van der Waals surface area (Å²) < 4.78 is 27.9. The highest BCUT2D eigenvalue weighted by molar-refractivity contribution is 7.92. The number of nitriles is 1. The Morgan fingerprint density at radius 3 is 2.38 bits per heavy atom. The molecule has 0 aromatic carbocycles. The van der Waals surface area contributed by atoms with E-state index in [4.69, 9.17) is 10.00 Å². The second-order valence-electron chi connectivity index (χ2n) is 3.94. The second-order valence-corrected chi connectivity index (χ2v) is 6.38. The van der Waals surface area contributed by atoms with Gasteiger partial charge in [-0.1, -0.05) is 13.8 Å². The summed E-state index contributed by atoms with van der Waals surface area (Å²) in [7, 11) is -3.57. The Hall–Kier alpha value is -1.09. The number of carbonyl (C=O) groups is 1. The van der Waals surface area contributed by atoms with Crippen LogP contribution in [0, 0.1) is 17.2 Å². The second kappa shape index (κ2) is 6.48. The molecule has 0 radical (unpaired) electrons. The third kappa shape index (κ3) is 5.12. The van der Waals surface area contributed by atoms with Gasteiger partial charge < -0.3 is 4.74 Å². The predicted octanol–water partition coefficient (Wildman–Crippen LogP) is 0.903. The first-order valence-electron chi connectivity index (χ1n) is 5.06. The lowest BCUT2D eigenvalue weighted by atomic mass is 10.2. The first-order chi connectivity index (χ1) is 7.31. The topological polar surface area (TPSA) is 84.2 Å². The number of nitrogens with zero attached hydrogens (tertiary/aromatic N) is 1. The van der Waals surface area contributed by atoms with E-state index in [1.807, 2.05) is 13.8 Å². The molecule has 0 bridgehead atoms. The number of ether oxygens (including phenoxy) is 1. The van der Waals surface area contributed by atoms with Gasteiger partial charge in [0, 0.05) is 6.42 Å². The number of hydrogen-bond acceptors (Lipinski definition) is 5. The minimum Gasteiger partial charge on any atom is -0.464 e. The summed E-state index contributed by atoms with van der Waals surface area (Å²) >= 11 is 0. The van der Waals surface area contributed by atoms with Crippen molar-refractivity contribution < 1.29 is 17.9 Å². The third-order valence-electron chi connectivity index (χ3n) is 1.93. The average molecular weight is 247 g/mol. The summed E-state index contributed by atoms with van der Waals surface area (Å²) in [5.41, 5.74) is 0. The highest BCUT2D eigenvalue weighted by Crippen LogP contribution is 2.07. The zero-order valence-corrected chi connectivity index (χ0v) is 10.6. The SMILES string of the molecule is CC(C)COC(=O)C(C)S(=O)(=O)CCC#N. The molecule has 0 aliphatic heterocycles. The molecule has 6 heteroatoms. The molecule has 0 saturated carbocycles. The molecule has 1 unspecified atom stereocenters. The van der Waals surface area contributed by atoms with Crippen molar-refractivity contribution in [2.45, 2.75) is 32.4 Å². The van der Waals surface area contributed by atoms with Crippen LogP contribution in [0.5, 0.6) is 0 Å². The lowest BCUT2D eigenvalue weighted by Crippen LogP contribution is -2.31. The number of sulfone groups is 1. The van der Waals surface area contributed by atoms with Crippen molar-refractivity contribution in [3.63, 3.8) is 0 Å². The van der Waals surface area contributed by atoms with E-state index < -0.39 is 21.1 Å². The Bertz CT molecular complexity index is 367. The maximum Gasteiger partial charge on any atom is 0.324 e. The van der Waals surface area contributed by atoms with Gasteiger partial charge in [-0.2, -0.15) is 5.26 Å². The van der Waals surface area contributed by atoms with E-state index in [1.165, 1.54) is 6.92 Å². The van der Waals surface area contributed by atoms with Gasteiger partial charge in [0.2, 0.25) is 0 Å². The van der Waals surface area contributed by atoms with Gasteiger partial charge in [0.05, 0.1) is 18.4 Å². The number of esters is 1. The third-order valence-corrected chi connectivity index (χ3v) is 3.97. The fraction of sp³-hybridized carbons (Fsp3) is 0.800. The van der Waals surface area contributed by atoms with Crippen LogP contribution in [0.25, 0.3) is 0 Å². The minimum absolute atomic E-state index is 0.107. The Kier molecular flexibility index (Phi) is 6.04. The zero-order valence-electron chi connectivity index (χ0n) is 9.76. The molecule has 16 heavy (non-hydrogen) atoms. The Labute approximate surface area is 96.3 Å². The van der Waals surface area contributed by atoms with Crippen LogP contribution in [0.1, 0.15) is 27.2 Å². The van der Waals surface area contributed by atoms with Gasteiger partial charge in [-0.05, 0) is 12.8 Å². The first kappa shape index (κ1) is 14.9. The van der Waals surface area contributed by atoms with E-state index in [1.54, 1.807) is 6.07 Å². The minimum atomic E-state index is -3.57. The summed E-state index contributed by atoms with van der Waals surface area (Å²) in [6.45, 7) is 5.22. The van der Waals surface area contributed by atoms with Crippen LogP contribution in [0.4, 0.5) is 0 Å². The van der Waals surface area contributed by atoms with Gasteiger partial charge in [0.25, 0.3) is 0 Å². The lowest BCUT2D eigenvalue weighted by Gasteiger charge is -2.12. The molecule has 0 rings (SSSR count). The van der Waals surface area contributed by atoms with Crippen molar-refractivity contribution in [3.8, 4) is 6.07 Å². The monoisotopic (exact) mass is 247 g/mol. The summed E-state index contributed by atoms with van der Waals surface area (Å²) in [5, 5.41) is 7.10. The molecule has 5 nitrogen and oxygen atoms in total. The number of carbonyl (C=O) groups excluding carboxylic acids is 1. The maximum atomic E-state index is 11.5. The Morgan fingerprint density at radius 1 is 1.38 bits per heavy atom. The quantitative estimate of drug-likeness (QED) is 0.651. The van der Waals surface area contributed by atoms with Gasteiger partial charge >= 0.3 is 5.97 Å². The van der Waals surface area contributed by atoms with Crippen LogP contribution in [-0.2, 0) is 19.4 Å². The highest BCUT2D eigenvalue weighted by Gasteiger charge is 2.28. The number of rotatable bonds is 6. The highest BCUT2D eigenvalue weighted by atomic mass is 32.2. The molecular weight excluding hydrogens is 230 g/mol. The summed E-state index contributed by atoms with van der Waals surface area (Å²) in [5.74, 6) is -0.883. The first-order valence-corrected chi connectivity index (χ1v) is 6.78. The summed E-state index contributed by atoms with van der Waals surface area (Å²) in [6.07, 6.45) is -0.107. The normalized spacial score (nSPS) is 13.2. The maximum absolute atomic E-state index is 11.5.